The van der Waals surface area contributed by atoms with Crippen molar-refractivity contribution >= 4 is 5.91 Å². The highest BCUT2D eigenvalue weighted by Crippen LogP contribution is 2.23. The first-order valence-corrected chi connectivity index (χ1v) is 25.9. The number of rotatable bonds is 44. The van der Waals surface area contributed by atoms with Gasteiger partial charge in [0.15, 0.2) is 6.29 Å². The van der Waals surface area contributed by atoms with Crippen molar-refractivity contribution in [3.8, 4) is 0 Å². The number of carbonyl (C=O) groups is 1. The monoisotopic (exact) mass is 874 g/mol. The maximum atomic E-state index is 13.0. The number of hydrogen-bond acceptors (Lipinski definition) is 10. The van der Waals surface area contributed by atoms with E-state index in [-0.39, 0.29) is 6.42 Å². The number of amides is 1. The molecule has 0 saturated carbocycles. The highest BCUT2D eigenvalue weighted by Gasteiger charge is 2.44. The van der Waals surface area contributed by atoms with Crippen LogP contribution in [0.3, 0.4) is 0 Å². The molecule has 0 aromatic heterocycles. The maximum absolute atomic E-state index is 13.0. The van der Waals surface area contributed by atoms with Crippen LogP contribution < -0.4 is 5.32 Å². The normalized spacial score (nSPS) is 21.4. The molecule has 8 N–H and O–H groups in total. The lowest BCUT2D eigenvalue weighted by molar-refractivity contribution is -0.303. The van der Waals surface area contributed by atoms with E-state index in [9.17, 15) is 40.5 Å². The first-order valence-electron chi connectivity index (χ1n) is 25.9. The van der Waals surface area contributed by atoms with Gasteiger partial charge in [-0.3, -0.25) is 4.79 Å². The summed E-state index contributed by atoms with van der Waals surface area (Å²) in [4.78, 5) is 13.0. The lowest BCUT2D eigenvalue weighted by atomic mass is 9.98. The second-order valence-electron chi connectivity index (χ2n) is 18.6. The van der Waals surface area contributed by atoms with Crippen LogP contribution in [0.25, 0.3) is 0 Å². The smallest absolute Gasteiger partial charge is 0.249 e. The molecule has 9 atom stereocenters. The first kappa shape index (κ1) is 58.1. The van der Waals surface area contributed by atoms with Crippen molar-refractivity contribution in [2.45, 2.75) is 300 Å². The van der Waals surface area contributed by atoms with Gasteiger partial charge in [0.25, 0.3) is 0 Å². The molecule has 9 unspecified atom stereocenters. The number of nitrogens with one attached hydrogen (secondary N) is 1. The average molecular weight is 874 g/mol. The number of carbonyl (C=O) groups excluding carboxylic acids is 1. The molecule has 1 saturated heterocycles. The highest BCUT2D eigenvalue weighted by atomic mass is 16.7. The van der Waals surface area contributed by atoms with Crippen molar-refractivity contribution in [1.29, 1.82) is 0 Å². The van der Waals surface area contributed by atoms with Crippen molar-refractivity contribution in [3.63, 3.8) is 0 Å². The zero-order valence-corrected chi connectivity index (χ0v) is 39.4. The Labute approximate surface area is 373 Å². The van der Waals surface area contributed by atoms with E-state index in [0.29, 0.717) is 19.3 Å². The Bertz CT molecular complexity index is 959. The van der Waals surface area contributed by atoms with E-state index in [1.807, 2.05) is 0 Å². The summed E-state index contributed by atoms with van der Waals surface area (Å²) in [6.45, 7) is 3.38. The largest absolute Gasteiger partial charge is 0.394 e. The minimum absolute atomic E-state index is 0.266. The Hall–Kier alpha value is -0.890. The lowest BCUT2D eigenvalue weighted by Gasteiger charge is -2.40. The molecule has 1 aliphatic rings. The van der Waals surface area contributed by atoms with Gasteiger partial charge in [0.1, 0.15) is 36.6 Å². The van der Waals surface area contributed by atoms with E-state index in [0.717, 1.165) is 51.4 Å². The molecule has 0 spiro atoms. The Morgan fingerprint density at radius 1 is 0.508 bits per heavy atom. The zero-order chi connectivity index (χ0) is 44.8. The summed E-state index contributed by atoms with van der Waals surface area (Å²) in [5, 5.41) is 75.3. The summed E-state index contributed by atoms with van der Waals surface area (Å²) in [6, 6.07) is -1.16. The molecule has 61 heavy (non-hydrogen) atoms. The topological polar surface area (TPSA) is 189 Å². The highest BCUT2D eigenvalue weighted by molar-refractivity contribution is 5.80. The summed E-state index contributed by atoms with van der Waals surface area (Å²) in [7, 11) is 0. The van der Waals surface area contributed by atoms with Gasteiger partial charge in [-0.1, -0.05) is 232 Å². The van der Waals surface area contributed by atoms with E-state index in [1.54, 1.807) is 0 Å². The third kappa shape index (κ3) is 30.0. The summed E-state index contributed by atoms with van der Waals surface area (Å²) >= 11 is 0. The fourth-order valence-electron chi connectivity index (χ4n) is 8.62. The number of hydrogen-bond donors (Lipinski definition) is 8. The molecule has 0 aromatic carbocycles. The lowest BCUT2D eigenvalue weighted by Crippen LogP contribution is -2.60. The summed E-state index contributed by atoms with van der Waals surface area (Å²) in [5.41, 5.74) is 0. The number of aliphatic hydroxyl groups is 7. The molecule has 0 aliphatic carbocycles. The van der Waals surface area contributed by atoms with Crippen LogP contribution in [0.1, 0.15) is 245 Å². The molecule has 11 heteroatoms. The number of aliphatic hydroxyl groups excluding tert-OH is 7. The van der Waals surface area contributed by atoms with Crippen LogP contribution in [0, 0.1) is 0 Å². The molecule has 364 valence electrons. The van der Waals surface area contributed by atoms with Crippen LogP contribution in [0.4, 0.5) is 0 Å². The number of ether oxygens (including phenoxy) is 2. The molecular formula is C50H99NO10. The van der Waals surface area contributed by atoms with Gasteiger partial charge in [-0.15, -0.1) is 0 Å². The van der Waals surface area contributed by atoms with Crippen molar-refractivity contribution in [1.82, 2.24) is 5.32 Å². The van der Waals surface area contributed by atoms with Gasteiger partial charge in [-0.05, 0) is 12.8 Å². The van der Waals surface area contributed by atoms with Crippen LogP contribution in [-0.2, 0) is 14.3 Å². The third-order valence-corrected chi connectivity index (χ3v) is 12.9. The molecule has 1 aliphatic heterocycles. The van der Waals surface area contributed by atoms with E-state index < -0.39 is 74.2 Å². The van der Waals surface area contributed by atoms with Gasteiger partial charge in [0.05, 0.1) is 25.4 Å². The van der Waals surface area contributed by atoms with Crippen LogP contribution in [0.15, 0.2) is 0 Å². The summed E-state index contributed by atoms with van der Waals surface area (Å²) in [5.74, 6) is -0.696. The Morgan fingerprint density at radius 3 is 1.21 bits per heavy atom. The molecule has 1 amide bonds. The Morgan fingerprint density at radius 2 is 0.852 bits per heavy atom. The second kappa shape index (κ2) is 40.6. The van der Waals surface area contributed by atoms with Crippen molar-refractivity contribution < 1.29 is 50.0 Å². The van der Waals surface area contributed by atoms with Gasteiger partial charge in [0, 0.05) is 0 Å². The van der Waals surface area contributed by atoms with Gasteiger partial charge in [-0.2, -0.15) is 0 Å². The third-order valence-electron chi connectivity index (χ3n) is 12.9. The summed E-state index contributed by atoms with van der Waals surface area (Å²) < 4.78 is 11.0. The second-order valence-corrected chi connectivity index (χ2v) is 18.6. The zero-order valence-electron chi connectivity index (χ0n) is 39.4. The minimum Gasteiger partial charge on any atom is -0.394 e. The van der Waals surface area contributed by atoms with Gasteiger partial charge >= 0.3 is 0 Å². The number of unbranched alkanes of at least 4 members (excludes halogenated alkanes) is 32. The minimum atomic E-state index is -1.65. The van der Waals surface area contributed by atoms with E-state index >= 15 is 0 Å². The van der Waals surface area contributed by atoms with E-state index in [4.69, 9.17) is 9.47 Å². The van der Waals surface area contributed by atoms with Gasteiger partial charge in [-0.25, -0.2) is 0 Å². The van der Waals surface area contributed by atoms with Crippen LogP contribution in [0.2, 0.25) is 0 Å². The molecule has 0 aromatic rings. The SMILES string of the molecule is CCCCCCCCCCCCCCCCCCCCCCCCCCCCCCC(O)C(=O)NC(COC1OC(CO)C(O)C(O)C1O)C(O)C(O)CCCCCCCC. The fraction of sp³-hybridized carbons (Fsp3) is 0.980. The van der Waals surface area contributed by atoms with Crippen molar-refractivity contribution in [2.75, 3.05) is 13.2 Å². The predicted molar refractivity (Wildman–Crippen MR) is 247 cm³/mol. The molecule has 1 fully saturated rings. The molecule has 0 radical (unpaired) electrons. The van der Waals surface area contributed by atoms with E-state index in [1.165, 1.54) is 154 Å². The first-order chi connectivity index (χ1) is 29.7. The average Bonchev–Trinajstić information content (AvgIpc) is 3.26. The molecule has 1 rings (SSSR count). The molecular weight excluding hydrogens is 775 g/mol. The van der Waals surface area contributed by atoms with Crippen LogP contribution >= 0.6 is 0 Å². The Kier molecular flexibility index (Phi) is 38.7. The Balaban J connectivity index is 2.15. The van der Waals surface area contributed by atoms with Crippen molar-refractivity contribution in [3.05, 3.63) is 0 Å². The van der Waals surface area contributed by atoms with E-state index in [2.05, 4.69) is 19.2 Å². The quantitative estimate of drug-likeness (QED) is 0.0274. The summed E-state index contributed by atoms with van der Waals surface area (Å²) in [6.07, 6.45) is 32.3. The molecule has 11 nitrogen and oxygen atoms in total. The van der Waals surface area contributed by atoms with Crippen molar-refractivity contribution in [2.24, 2.45) is 0 Å². The fourth-order valence-corrected chi connectivity index (χ4v) is 8.62. The van der Waals surface area contributed by atoms with Gasteiger partial charge in [0.2, 0.25) is 5.91 Å². The van der Waals surface area contributed by atoms with Gasteiger partial charge < -0.3 is 50.5 Å². The molecule has 1 heterocycles. The standard InChI is InChI=1S/C50H99NO10/c1-3-5-7-9-11-12-13-14-15-16-17-18-19-20-21-22-23-24-25-26-27-28-29-30-31-32-34-36-38-43(54)49(59)51-41(45(55)42(53)37-35-33-10-8-6-4-2)40-60-50-48(58)47(57)46(56)44(39-52)61-50/h41-48,50,52-58H,3-40H2,1-2H3,(H,51,59). The molecule has 0 bridgehead atoms. The van der Waals surface area contributed by atoms with Crippen LogP contribution in [-0.4, -0.2) is 110 Å². The maximum Gasteiger partial charge on any atom is 0.249 e. The predicted octanol–water partition coefficient (Wildman–Crippen LogP) is 9.45. The van der Waals surface area contributed by atoms with Crippen LogP contribution in [0.5, 0.6) is 0 Å².